The van der Waals surface area contributed by atoms with Gasteiger partial charge in [0.1, 0.15) is 5.69 Å². The summed E-state index contributed by atoms with van der Waals surface area (Å²) in [5.41, 5.74) is 0.996. The van der Waals surface area contributed by atoms with Gasteiger partial charge in [-0.3, -0.25) is 4.79 Å². The Morgan fingerprint density at radius 2 is 2.03 bits per heavy atom. The third-order valence-electron chi connectivity index (χ3n) is 8.01. The molecule has 2 unspecified atom stereocenters. The molecule has 3 aromatic rings. The number of carbonyl (C=O) groups excluding carboxylic acids is 1. The van der Waals surface area contributed by atoms with Gasteiger partial charge in [0, 0.05) is 44.1 Å². The lowest BCUT2D eigenvalue weighted by molar-refractivity contribution is -0.124. The first-order valence-electron chi connectivity index (χ1n) is 13.5. The zero-order valence-electron chi connectivity index (χ0n) is 22.1. The maximum atomic E-state index is 16.5. The largest absolute Gasteiger partial charge is 0.475 e. The lowest BCUT2D eigenvalue weighted by Crippen LogP contribution is -2.38. The van der Waals surface area contributed by atoms with E-state index in [1.807, 2.05) is 13.8 Å². The summed E-state index contributed by atoms with van der Waals surface area (Å²) in [6.07, 6.45) is 3.89. The predicted molar refractivity (Wildman–Crippen MR) is 141 cm³/mol. The Balaban J connectivity index is 1.42. The van der Waals surface area contributed by atoms with Crippen LogP contribution in [0.3, 0.4) is 0 Å². The van der Waals surface area contributed by atoms with Crippen LogP contribution in [0.4, 0.5) is 14.9 Å². The summed E-state index contributed by atoms with van der Waals surface area (Å²) in [7, 11) is 0. The van der Waals surface area contributed by atoms with Gasteiger partial charge in [0.2, 0.25) is 11.8 Å². The number of hydrogen-bond acceptors (Lipinski definition) is 6. The molecule has 0 saturated carbocycles. The van der Waals surface area contributed by atoms with Gasteiger partial charge < -0.3 is 24.4 Å². The van der Waals surface area contributed by atoms with Crippen LogP contribution in [0.1, 0.15) is 52.2 Å². The zero-order valence-corrected chi connectivity index (χ0v) is 22.1. The molecule has 0 aliphatic carbocycles. The maximum absolute atomic E-state index is 16.5. The average molecular weight is 538 g/mol. The molecular formula is C28H32FN5O5. The number of benzene rings is 1. The average Bonchev–Trinajstić information content (AvgIpc) is 3.62. The number of anilines is 1. The number of rotatable bonds is 5. The van der Waals surface area contributed by atoms with Gasteiger partial charge in [0.25, 0.3) is 0 Å². The van der Waals surface area contributed by atoms with Gasteiger partial charge in [-0.1, -0.05) is 0 Å². The van der Waals surface area contributed by atoms with Crippen LogP contribution < -0.4 is 9.64 Å². The fraction of sp³-hybridized carbons (Fsp3) is 0.500. The normalized spacial score (nSPS) is 23.5. The van der Waals surface area contributed by atoms with Crippen LogP contribution in [0.5, 0.6) is 5.88 Å². The van der Waals surface area contributed by atoms with E-state index in [1.165, 1.54) is 9.80 Å². The van der Waals surface area contributed by atoms with Crippen LogP contribution >= 0.6 is 0 Å². The highest BCUT2D eigenvalue weighted by molar-refractivity contribution is 6.04. The van der Waals surface area contributed by atoms with Crippen molar-refractivity contribution in [2.75, 3.05) is 31.1 Å². The summed E-state index contributed by atoms with van der Waals surface area (Å²) in [6, 6.07) is 6.96. The van der Waals surface area contributed by atoms with Crippen LogP contribution in [-0.2, 0) is 9.53 Å². The molecule has 2 amide bonds. The second-order valence-corrected chi connectivity index (χ2v) is 10.9. The van der Waals surface area contributed by atoms with Crippen molar-refractivity contribution >= 4 is 28.6 Å². The van der Waals surface area contributed by atoms with Crippen molar-refractivity contribution in [1.29, 1.82) is 0 Å². The van der Waals surface area contributed by atoms with E-state index in [0.717, 1.165) is 19.3 Å². The molecule has 206 valence electrons. The van der Waals surface area contributed by atoms with E-state index in [1.54, 1.807) is 35.1 Å². The predicted octanol–water partition coefficient (Wildman–Crippen LogP) is 4.83. The van der Waals surface area contributed by atoms with Gasteiger partial charge in [0.15, 0.2) is 12.0 Å². The molecule has 3 aliphatic rings. The molecule has 0 bridgehead atoms. The third kappa shape index (κ3) is 4.38. The minimum Gasteiger partial charge on any atom is -0.475 e. The van der Waals surface area contributed by atoms with E-state index < -0.39 is 17.3 Å². The minimum absolute atomic E-state index is 0.0319. The Hall–Kier alpha value is -3.73. The monoisotopic (exact) mass is 537 g/mol. The number of nitrogens with zero attached hydrogens (tertiary/aromatic N) is 5. The quantitative estimate of drug-likeness (QED) is 0.496. The molecule has 2 aromatic heterocycles. The minimum atomic E-state index is -1.04. The molecular weight excluding hydrogens is 505 g/mol. The van der Waals surface area contributed by atoms with Crippen LogP contribution in [0, 0.1) is 11.2 Å². The standard InChI is InChI=1S/C28H32FN5O5/c1-17(2)39-21-9-6-18(15-30-21)25-23-19(34(31-25)22-5-3-4-14-38-22)7-8-20(24(23)29)33-13-11-28(26(33)35)10-12-32(16-28)27(36)37/h6-9,15,17,22H,3-5,10-14,16H2,1-2H3,(H,36,37). The van der Waals surface area contributed by atoms with E-state index in [9.17, 15) is 14.7 Å². The highest BCUT2D eigenvalue weighted by Gasteiger charge is 2.52. The number of amides is 2. The molecule has 3 fully saturated rings. The molecule has 1 N–H and O–H groups in total. The zero-order chi connectivity index (χ0) is 27.3. The van der Waals surface area contributed by atoms with Gasteiger partial charge in [-0.15, -0.1) is 0 Å². The Morgan fingerprint density at radius 1 is 1.21 bits per heavy atom. The number of ether oxygens (including phenoxy) is 2. The van der Waals surface area contributed by atoms with Gasteiger partial charge in [-0.05, 0) is 64.2 Å². The smallest absolute Gasteiger partial charge is 0.407 e. The summed E-state index contributed by atoms with van der Waals surface area (Å²) in [4.78, 5) is 32.2. The number of hydrogen-bond donors (Lipinski definition) is 1. The van der Waals surface area contributed by atoms with E-state index in [2.05, 4.69) is 4.98 Å². The highest BCUT2D eigenvalue weighted by atomic mass is 19.1. The number of halogens is 1. The van der Waals surface area contributed by atoms with Crippen LogP contribution in [0.2, 0.25) is 0 Å². The Kier molecular flexibility index (Phi) is 6.41. The molecule has 3 saturated heterocycles. The fourth-order valence-corrected chi connectivity index (χ4v) is 6.03. The van der Waals surface area contributed by atoms with E-state index in [-0.39, 0.29) is 30.5 Å². The van der Waals surface area contributed by atoms with Crippen molar-refractivity contribution < 1.29 is 28.6 Å². The van der Waals surface area contributed by atoms with E-state index in [4.69, 9.17) is 14.6 Å². The SMILES string of the molecule is CC(C)Oc1ccc(-c2nn(C3CCCCO3)c3ccc(N4CCC5(CCN(C(=O)O)C5)C4=O)c(F)c23)cn1. The first kappa shape index (κ1) is 25.5. The molecule has 39 heavy (non-hydrogen) atoms. The fourth-order valence-electron chi connectivity index (χ4n) is 6.03. The van der Waals surface area contributed by atoms with E-state index in [0.29, 0.717) is 60.6 Å². The number of carbonyl (C=O) groups is 2. The Morgan fingerprint density at radius 3 is 2.69 bits per heavy atom. The van der Waals surface area contributed by atoms with Crippen LogP contribution in [0.25, 0.3) is 22.2 Å². The number of fused-ring (bicyclic) bond motifs is 1. The molecule has 1 spiro atoms. The van der Waals surface area contributed by atoms with Crippen molar-refractivity contribution in [3.63, 3.8) is 0 Å². The number of carboxylic acid groups (broad SMARTS) is 1. The van der Waals surface area contributed by atoms with Crippen LogP contribution in [0.15, 0.2) is 30.5 Å². The van der Waals surface area contributed by atoms with Crippen molar-refractivity contribution in [1.82, 2.24) is 19.7 Å². The summed E-state index contributed by atoms with van der Waals surface area (Å²) in [5.74, 6) is -0.300. The van der Waals surface area contributed by atoms with E-state index >= 15 is 4.39 Å². The van der Waals surface area contributed by atoms with Crippen molar-refractivity contribution in [2.24, 2.45) is 5.41 Å². The molecule has 10 nitrogen and oxygen atoms in total. The maximum Gasteiger partial charge on any atom is 0.407 e. The number of likely N-dealkylation sites (tertiary alicyclic amines) is 1. The first-order valence-corrected chi connectivity index (χ1v) is 13.5. The molecule has 6 rings (SSSR count). The molecule has 5 heterocycles. The lowest BCUT2D eigenvalue weighted by Gasteiger charge is -2.24. The third-order valence-corrected chi connectivity index (χ3v) is 8.01. The van der Waals surface area contributed by atoms with Gasteiger partial charge in [-0.25, -0.2) is 18.9 Å². The molecule has 2 atom stereocenters. The highest BCUT2D eigenvalue weighted by Crippen LogP contribution is 2.45. The second-order valence-electron chi connectivity index (χ2n) is 10.9. The summed E-state index contributed by atoms with van der Waals surface area (Å²) < 4.78 is 29.9. The molecule has 1 aromatic carbocycles. The summed E-state index contributed by atoms with van der Waals surface area (Å²) >= 11 is 0. The number of aromatic nitrogens is 3. The topological polar surface area (TPSA) is 110 Å². The van der Waals surface area contributed by atoms with Gasteiger partial charge in [0.05, 0.1) is 28.1 Å². The van der Waals surface area contributed by atoms with Crippen molar-refractivity contribution in [2.45, 2.75) is 58.3 Å². The molecule has 3 aliphatic heterocycles. The molecule has 11 heteroatoms. The Bertz CT molecular complexity index is 1420. The number of pyridine rings is 1. The lowest BCUT2D eigenvalue weighted by atomic mass is 9.85. The van der Waals surface area contributed by atoms with Crippen molar-refractivity contribution in [3.8, 4) is 17.1 Å². The van der Waals surface area contributed by atoms with Crippen molar-refractivity contribution in [3.05, 3.63) is 36.3 Å². The summed E-state index contributed by atoms with van der Waals surface area (Å²) in [6.45, 7) is 5.22. The van der Waals surface area contributed by atoms with Gasteiger partial charge >= 0.3 is 6.09 Å². The Labute approximate surface area is 225 Å². The summed E-state index contributed by atoms with van der Waals surface area (Å²) in [5, 5.41) is 14.5. The van der Waals surface area contributed by atoms with Gasteiger partial charge in [-0.2, -0.15) is 5.10 Å². The second kappa shape index (κ2) is 9.78. The first-order chi connectivity index (χ1) is 18.8. The molecule has 0 radical (unpaired) electrons. The van der Waals surface area contributed by atoms with Crippen LogP contribution in [-0.4, -0.2) is 69.1 Å².